The van der Waals surface area contributed by atoms with Crippen molar-refractivity contribution in [3.63, 3.8) is 0 Å². The standard InChI is InChI=1S/C18H21NO/c1-12-4-7-16(13(2)10-12)18(19)9-8-14-5-6-15(20-3)11-17(14)18/h4-7,10-11H,8-9,19H2,1-3H3. The van der Waals surface area contributed by atoms with E-state index in [1.807, 2.05) is 6.07 Å². The highest BCUT2D eigenvalue weighted by molar-refractivity contribution is 5.52. The third-order valence-corrected chi connectivity index (χ3v) is 4.45. The summed E-state index contributed by atoms with van der Waals surface area (Å²) in [7, 11) is 1.70. The Kier molecular flexibility index (Phi) is 3.06. The molecule has 2 heteroatoms. The largest absolute Gasteiger partial charge is 0.497 e. The summed E-state index contributed by atoms with van der Waals surface area (Å²) in [6.07, 6.45) is 1.99. The van der Waals surface area contributed by atoms with Crippen LogP contribution in [0.3, 0.4) is 0 Å². The first-order chi connectivity index (χ1) is 9.54. The van der Waals surface area contributed by atoms with Crippen LogP contribution in [0.5, 0.6) is 5.75 Å². The maximum Gasteiger partial charge on any atom is 0.119 e. The van der Waals surface area contributed by atoms with Gasteiger partial charge in [-0.3, -0.25) is 0 Å². The van der Waals surface area contributed by atoms with Gasteiger partial charge in [0.15, 0.2) is 0 Å². The molecule has 0 amide bonds. The second-order valence-corrected chi connectivity index (χ2v) is 5.81. The maximum absolute atomic E-state index is 6.81. The van der Waals surface area contributed by atoms with Crippen LogP contribution in [0.4, 0.5) is 0 Å². The van der Waals surface area contributed by atoms with E-state index in [0.29, 0.717) is 0 Å². The number of hydrogen-bond donors (Lipinski definition) is 1. The molecule has 104 valence electrons. The zero-order valence-corrected chi connectivity index (χ0v) is 12.4. The Bertz CT molecular complexity index is 662. The molecule has 2 aromatic carbocycles. The molecule has 20 heavy (non-hydrogen) atoms. The van der Waals surface area contributed by atoms with Crippen molar-refractivity contribution in [1.29, 1.82) is 0 Å². The van der Waals surface area contributed by atoms with Gasteiger partial charge in [0, 0.05) is 0 Å². The van der Waals surface area contributed by atoms with Crippen molar-refractivity contribution in [2.24, 2.45) is 5.73 Å². The van der Waals surface area contributed by atoms with Crippen LogP contribution in [0.1, 0.15) is 34.2 Å². The Morgan fingerprint density at radius 2 is 1.85 bits per heavy atom. The van der Waals surface area contributed by atoms with Crippen molar-refractivity contribution >= 4 is 0 Å². The van der Waals surface area contributed by atoms with Gasteiger partial charge in [-0.2, -0.15) is 0 Å². The summed E-state index contributed by atoms with van der Waals surface area (Å²) >= 11 is 0. The summed E-state index contributed by atoms with van der Waals surface area (Å²) < 4.78 is 5.36. The van der Waals surface area contributed by atoms with Gasteiger partial charge >= 0.3 is 0 Å². The smallest absolute Gasteiger partial charge is 0.119 e. The zero-order valence-electron chi connectivity index (χ0n) is 12.4. The SMILES string of the molecule is COc1ccc2c(c1)C(N)(c1ccc(C)cc1C)CC2. The second kappa shape index (κ2) is 4.64. The van der Waals surface area contributed by atoms with E-state index in [1.165, 1.54) is 27.8 Å². The van der Waals surface area contributed by atoms with E-state index in [4.69, 9.17) is 10.5 Å². The Hall–Kier alpha value is -1.80. The lowest BCUT2D eigenvalue weighted by Crippen LogP contribution is -2.36. The molecule has 0 aliphatic heterocycles. The number of benzene rings is 2. The highest BCUT2D eigenvalue weighted by Gasteiger charge is 2.37. The van der Waals surface area contributed by atoms with Gasteiger partial charge in [0.1, 0.15) is 5.75 Å². The van der Waals surface area contributed by atoms with E-state index in [9.17, 15) is 0 Å². The maximum atomic E-state index is 6.81. The van der Waals surface area contributed by atoms with Crippen LogP contribution in [0.2, 0.25) is 0 Å². The van der Waals surface area contributed by atoms with Crippen LogP contribution >= 0.6 is 0 Å². The van der Waals surface area contributed by atoms with Crippen molar-refractivity contribution in [1.82, 2.24) is 0 Å². The summed E-state index contributed by atoms with van der Waals surface area (Å²) in [4.78, 5) is 0. The minimum atomic E-state index is -0.387. The van der Waals surface area contributed by atoms with Gasteiger partial charge in [-0.1, -0.05) is 29.8 Å². The van der Waals surface area contributed by atoms with Crippen molar-refractivity contribution in [3.05, 3.63) is 64.2 Å². The van der Waals surface area contributed by atoms with Crippen molar-refractivity contribution in [3.8, 4) is 5.75 Å². The number of nitrogens with two attached hydrogens (primary N) is 1. The third-order valence-electron chi connectivity index (χ3n) is 4.45. The summed E-state index contributed by atoms with van der Waals surface area (Å²) in [6.45, 7) is 4.26. The predicted molar refractivity (Wildman–Crippen MR) is 82.2 cm³/mol. The van der Waals surface area contributed by atoms with E-state index >= 15 is 0 Å². The lowest BCUT2D eigenvalue weighted by atomic mass is 9.82. The van der Waals surface area contributed by atoms with Crippen LogP contribution in [-0.2, 0) is 12.0 Å². The van der Waals surface area contributed by atoms with Gasteiger partial charge in [0.25, 0.3) is 0 Å². The van der Waals surface area contributed by atoms with E-state index in [1.54, 1.807) is 7.11 Å². The summed E-state index contributed by atoms with van der Waals surface area (Å²) in [5.74, 6) is 0.880. The molecule has 1 unspecified atom stereocenters. The van der Waals surface area contributed by atoms with E-state index < -0.39 is 0 Å². The fourth-order valence-electron chi connectivity index (χ4n) is 3.38. The first kappa shape index (κ1) is 13.2. The molecular formula is C18H21NO. The molecule has 1 atom stereocenters. The zero-order chi connectivity index (χ0) is 14.3. The summed E-state index contributed by atoms with van der Waals surface area (Å²) in [5.41, 5.74) is 12.8. The minimum absolute atomic E-state index is 0.387. The number of methoxy groups -OCH3 is 1. The molecule has 0 saturated heterocycles. The number of ether oxygens (including phenoxy) is 1. The molecule has 2 nitrogen and oxygen atoms in total. The highest BCUT2D eigenvalue weighted by Crippen LogP contribution is 2.42. The first-order valence-electron chi connectivity index (χ1n) is 7.08. The van der Waals surface area contributed by atoms with E-state index in [-0.39, 0.29) is 5.54 Å². The Morgan fingerprint density at radius 3 is 2.55 bits per heavy atom. The molecule has 0 fully saturated rings. The van der Waals surface area contributed by atoms with Gasteiger partial charge in [0.05, 0.1) is 12.6 Å². The second-order valence-electron chi connectivity index (χ2n) is 5.81. The lowest BCUT2D eigenvalue weighted by Gasteiger charge is -2.28. The lowest BCUT2D eigenvalue weighted by molar-refractivity contribution is 0.413. The van der Waals surface area contributed by atoms with Gasteiger partial charge in [-0.05, 0) is 61.1 Å². The van der Waals surface area contributed by atoms with Crippen molar-refractivity contribution in [2.45, 2.75) is 32.2 Å². The Labute approximate surface area is 120 Å². The number of aryl methyl sites for hydroxylation is 3. The molecule has 2 N–H and O–H groups in total. The molecule has 3 rings (SSSR count). The third kappa shape index (κ3) is 1.92. The highest BCUT2D eigenvalue weighted by atomic mass is 16.5. The van der Waals surface area contributed by atoms with Gasteiger partial charge in [-0.25, -0.2) is 0 Å². The predicted octanol–water partition coefficient (Wildman–Crippen LogP) is 3.46. The number of fused-ring (bicyclic) bond motifs is 1. The molecule has 2 aromatic rings. The fourth-order valence-corrected chi connectivity index (χ4v) is 3.38. The molecule has 1 aliphatic rings. The van der Waals surface area contributed by atoms with Crippen LogP contribution in [0.15, 0.2) is 36.4 Å². The van der Waals surface area contributed by atoms with Crippen LogP contribution in [-0.4, -0.2) is 7.11 Å². The van der Waals surface area contributed by atoms with E-state index in [2.05, 4.69) is 44.2 Å². The Morgan fingerprint density at radius 1 is 1.05 bits per heavy atom. The van der Waals surface area contributed by atoms with Crippen molar-refractivity contribution in [2.75, 3.05) is 7.11 Å². The molecule has 0 saturated carbocycles. The molecule has 0 bridgehead atoms. The molecular weight excluding hydrogens is 246 g/mol. The van der Waals surface area contributed by atoms with Crippen LogP contribution < -0.4 is 10.5 Å². The average molecular weight is 267 g/mol. The molecule has 0 radical (unpaired) electrons. The quantitative estimate of drug-likeness (QED) is 0.904. The van der Waals surface area contributed by atoms with Gasteiger partial charge in [0.2, 0.25) is 0 Å². The molecule has 0 spiro atoms. The topological polar surface area (TPSA) is 35.2 Å². The van der Waals surface area contributed by atoms with Gasteiger partial charge < -0.3 is 10.5 Å². The minimum Gasteiger partial charge on any atom is -0.497 e. The first-order valence-corrected chi connectivity index (χ1v) is 7.08. The fraction of sp³-hybridized carbons (Fsp3) is 0.333. The average Bonchev–Trinajstić information content (AvgIpc) is 2.76. The monoisotopic (exact) mass is 267 g/mol. The molecule has 1 aliphatic carbocycles. The molecule has 0 aromatic heterocycles. The number of rotatable bonds is 2. The Balaban J connectivity index is 2.16. The molecule has 0 heterocycles. The van der Waals surface area contributed by atoms with Crippen LogP contribution in [0.25, 0.3) is 0 Å². The summed E-state index contributed by atoms with van der Waals surface area (Å²) in [5, 5.41) is 0. The number of hydrogen-bond acceptors (Lipinski definition) is 2. The normalized spacial score (nSPS) is 20.8. The van der Waals surface area contributed by atoms with Gasteiger partial charge in [-0.15, -0.1) is 0 Å². The van der Waals surface area contributed by atoms with E-state index in [0.717, 1.165) is 18.6 Å². The van der Waals surface area contributed by atoms with Crippen LogP contribution in [0, 0.1) is 13.8 Å². The summed E-state index contributed by atoms with van der Waals surface area (Å²) in [6, 6.07) is 12.8. The van der Waals surface area contributed by atoms with Crippen molar-refractivity contribution < 1.29 is 4.74 Å².